The van der Waals surface area contributed by atoms with Crippen LogP contribution in [0.4, 0.5) is 0 Å². The van der Waals surface area contributed by atoms with Crippen LogP contribution >= 0.6 is 0 Å². The second kappa shape index (κ2) is 2.17. The molecule has 0 aromatic rings. The summed E-state index contributed by atoms with van der Waals surface area (Å²) in [6.07, 6.45) is 2.05. The van der Waals surface area contributed by atoms with Crippen molar-refractivity contribution in [2.45, 2.75) is 18.9 Å². The first-order valence-electron chi connectivity index (χ1n) is 2.96. The molecular formula is C6H9NO2. The van der Waals surface area contributed by atoms with Crippen molar-refractivity contribution in [2.24, 2.45) is 0 Å². The Bertz CT molecular complexity index is 144. The lowest BCUT2D eigenvalue weighted by Gasteiger charge is -2.12. The third kappa shape index (κ3) is 0.943. The van der Waals surface area contributed by atoms with E-state index in [2.05, 4.69) is 0 Å². The molecule has 0 unspecified atom stereocenters. The fourth-order valence-corrected chi connectivity index (χ4v) is 0.986. The normalized spacial score (nSPS) is 27.0. The molecule has 0 spiro atoms. The van der Waals surface area contributed by atoms with Crippen LogP contribution in [0, 0.1) is 0 Å². The molecule has 1 fully saturated rings. The molecule has 1 aliphatic rings. The van der Waals surface area contributed by atoms with E-state index in [-0.39, 0.29) is 11.9 Å². The summed E-state index contributed by atoms with van der Waals surface area (Å²) < 4.78 is 0. The van der Waals surface area contributed by atoms with Crippen molar-refractivity contribution in [1.82, 2.24) is 4.90 Å². The number of aldehydes is 1. The minimum Gasteiger partial charge on any atom is -0.336 e. The molecule has 0 aromatic heterocycles. The molecule has 0 aliphatic carbocycles. The van der Waals surface area contributed by atoms with Gasteiger partial charge in [0.05, 0.1) is 6.04 Å². The molecule has 1 saturated heterocycles. The van der Waals surface area contributed by atoms with Crippen LogP contribution < -0.4 is 0 Å². The average molecular weight is 127 g/mol. The van der Waals surface area contributed by atoms with E-state index in [0.29, 0.717) is 12.8 Å². The van der Waals surface area contributed by atoms with Crippen molar-refractivity contribution >= 4 is 12.2 Å². The molecule has 3 nitrogen and oxygen atoms in total. The van der Waals surface area contributed by atoms with Crippen LogP contribution in [0.5, 0.6) is 0 Å². The van der Waals surface area contributed by atoms with Gasteiger partial charge in [0.15, 0.2) is 0 Å². The largest absolute Gasteiger partial charge is 0.336 e. The molecule has 0 saturated carbocycles. The standard InChI is InChI=1S/C6H9NO2/c1-7-5(4-8)2-3-6(7)9/h4-5H,2-3H2,1H3/t5-/m0/s1. The summed E-state index contributed by atoms with van der Waals surface area (Å²) >= 11 is 0. The summed E-state index contributed by atoms with van der Waals surface area (Å²) in [7, 11) is 1.66. The lowest BCUT2D eigenvalue weighted by Crippen LogP contribution is -2.29. The summed E-state index contributed by atoms with van der Waals surface area (Å²) in [6.45, 7) is 0. The first-order chi connectivity index (χ1) is 4.25. The Balaban J connectivity index is 2.61. The van der Waals surface area contributed by atoms with Gasteiger partial charge in [-0.05, 0) is 6.42 Å². The monoisotopic (exact) mass is 127 g/mol. The Morgan fingerprint density at radius 3 is 2.67 bits per heavy atom. The Morgan fingerprint density at radius 1 is 1.78 bits per heavy atom. The minimum atomic E-state index is -0.155. The smallest absolute Gasteiger partial charge is 0.223 e. The van der Waals surface area contributed by atoms with Crippen molar-refractivity contribution in [3.8, 4) is 0 Å². The highest BCUT2D eigenvalue weighted by atomic mass is 16.2. The van der Waals surface area contributed by atoms with Crippen LogP contribution in [0.1, 0.15) is 12.8 Å². The number of nitrogens with zero attached hydrogens (tertiary/aromatic N) is 1. The molecule has 0 bridgehead atoms. The van der Waals surface area contributed by atoms with Gasteiger partial charge in [-0.15, -0.1) is 0 Å². The van der Waals surface area contributed by atoms with Crippen LogP contribution in [0.3, 0.4) is 0 Å². The van der Waals surface area contributed by atoms with Crippen LogP contribution in [-0.2, 0) is 9.59 Å². The number of carbonyl (C=O) groups excluding carboxylic acids is 2. The molecule has 0 N–H and O–H groups in total. The van der Waals surface area contributed by atoms with Crippen molar-refractivity contribution in [3.05, 3.63) is 0 Å². The molecule has 3 heteroatoms. The molecule has 1 atom stereocenters. The number of amides is 1. The summed E-state index contributed by atoms with van der Waals surface area (Å²) in [4.78, 5) is 22.4. The highest BCUT2D eigenvalue weighted by Gasteiger charge is 2.26. The maximum absolute atomic E-state index is 10.7. The zero-order valence-electron chi connectivity index (χ0n) is 5.33. The van der Waals surface area contributed by atoms with Crippen LogP contribution in [0.15, 0.2) is 0 Å². The number of rotatable bonds is 1. The second-order valence-corrected chi connectivity index (χ2v) is 2.25. The Hall–Kier alpha value is -0.860. The number of carbonyl (C=O) groups is 2. The quantitative estimate of drug-likeness (QED) is 0.458. The predicted molar refractivity (Wildman–Crippen MR) is 31.9 cm³/mol. The molecule has 1 aliphatic heterocycles. The third-order valence-corrected chi connectivity index (χ3v) is 1.70. The van der Waals surface area contributed by atoms with E-state index in [1.165, 1.54) is 4.90 Å². The maximum atomic E-state index is 10.7. The first kappa shape index (κ1) is 6.26. The molecule has 1 heterocycles. The Morgan fingerprint density at radius 2 is 2.44 bits per heavy atom. The zero-order valence-corrected chi connectivity index (χ0v) is 5.33. The highest BCUT2D eigenvalue weighted by molar-refractivity contribution is 5.83. The number of hydrogen-bond acceptors (Lipinski definition) is 2. The predicted octanol–water partition coefficient (Wildman–Crippen LogP) is -0.194. The lowest BCUT2D eigenvalue weighted by atomic mass is 10.2. The number of hydrogen-bond donors (Lipinski definition) is 0. The molecule has 0 radical (unpaired) electrons. The highest BCUT2D eigenvalue weighted by Crippen LogP contribution is 2.13. The topological polar surface area (TPSA) is 37.4 Å². The molecule has 50 valence electrons. The van der Waals surface area contributed by atoms with Gasteiger partial charge in [-0.3, -0.25) is 4.79 Å². The average Bonchev–Trinajstić information content (AvgIpc) is 2.15. The van der Waals surface area contributed by atoms with E-state index < -0.39 is 0 Å². The van der Waals surface area contributed by atoms with Crippen molar-refractivity contribution < 1.29 is 9.59 Å². The van der Waals surface area contributed by atoms with Crippen LogP contribution in [0.2, 0.25) is 0 Å². The lowest BCUT2D eigenvalue weighted by molar-refractivity contribution is -0.129. The summed E-state index contributed by atoms with van der Waals surface area (Å²) in [5.41, 5.74) is 0. The van der Waals surface area contributed by atoms with Crippen LogP contribution in [0.25, 0.3) is 0 Å². The molecule has 1 amide bonds. The fraction of sp³-hybridized carbons (Fsp3) is 0.667. The van der Waals surface area contributed by atoms with E-state index in [4.69, 9.17) is 0 Å². The van der Waals surface area contributed by atoms with Gasteiger partial charge < -0.3 is 9.69 Å². The SMILES string of the molecule is CN1C(=O)CC[C@H]1C=O. The second-order valence-electron chi connectivity index (χ2n) is 2.25. The van der Waals surface area contributed by atoms with Crippen molar-refractivity contribution in [3.63, 3.8) is 0 Å². The number of likely N-dealkylation sites (N-methyl/N-ethyl adjacent to an activating group) is 1. The van der Waals surface area contributed by atoms with E-state index >= 15 is 0 Å². The van der Waals surface area contributed by atoms with Gasteiger partial charge >= 0.3 is 0 Å². The maximum Gasteiger partial charge on any atom is 0.223 e. The van der Waals surface area contributed by atoms with Gasteiger partial charge in [0.2, 0.25) is 5.91 Å². The van der Waals surface area contributed by atoms with E-state index in [0.717, 1.165) is 6.29 Å². The molecular weight excluding hydrogens is 118 g/mol. The van der Waals surface area contributed by atoms with E-state index in [9.17, 15) is 9.59 Å². The minimum absolute atomic E-state index is 0.0760. The molecule has 9 heavy (non-hydrogen) atoms. The van der Waals surface area contributed by atoms with Crippen LogP contribution in [-0.4, -0.2) is 30.2 Å². The van der Waals surface area contributed by atoms with Gasteiger partial charge in [0.1, 0.15) is 6.29 Å². The van der Waals surface area contributed by atoms with Crippen molar-refractivity contribution in [2.75, 3.05) is 7.05 Å². The van der Waals surface area contributed by atoms with Gasteiger partial charge in [0.25, 0.3) is 0 Å². The van der Waals surface area contributed by atoms with E-state index in [1.54, 1.807) is 7.05 Å². The Kier molecular flexibility index (Phi) is 1.51. The zero-order chi connectivity index (χ0) is 6.85. The summed E-state index contributed by atoms with van der Waals surface area (Å²) in [6, 6.07) is -0.155. The molecule has 1 rings (SSSR count). The Labute approximate surface area is 53.6 Å². The van der Waals surface area contributed by atoms with Gasteiger partial charge in [0, 0.05) is 13.5 Å². The number of likely N-dealkylation sites (tertiary alicyclic amines) is 1. The van der Waals surface area contributed by atoms with Gasteiger partial charge in [-0.25, -0.2) is 0 Å². The molecule has 0 aromatic carbocycles. The first-order valence-corrected chi connectivity index (χ1v) is 2.96. The third-order valence-electron chi connectivity index (χ3n) is 1.70. The summed E-state index contributed by atoms with van der Waals surface area (Å²) in [5, 5.41) is 0. The van der Waals surface area contributed by atoms with Gasteiger partial charge in [-0.1, -0.05) is 0 Å². The fourth-order valence-electron chi connectivity index (χ4n) is 0.986. The van der Waals surface area contributed by atoms with Crippen molar-refractivity contribution in [1.29, 1.82) is 0 Å². The summed E-state index contributed by atoms with van der Waals surface area (Å²) in [5.74, 6) is 0.0760. The van der Waals surface area contributed by atoms with Gasteiger partial charge in [-0.2, -0.15) is 0 Å². The van der Waals surface area contributed by atoms with E-state index in [1.807, 2.05) is 0 Å².